The van der Waals surface area contributed by atoms with Gasteiger partial charge in [-0.05, 0) is 65.3 Å². The van der Waals surface area contributed by atoms with Crippen LogP contribution in [0.2, 0.25) is 0 Å². The number of halogens is 2. The molecular formula is C23H23FIN5O4. The SMILES string of the molecule is CI.Nc1ccc(C2CCC(c3ccc(N)c([N+](=O)[O-])c3)N2c2ccc(F)cc2)cc1[N+](=O)[O-]. The number of nitrogens with two attached hydrogens (primary N) is 2. The molecular weight excluding hydrogens is 556 g/mol. The first-order valence-electron chi connectivity index (χ1n) is 10.3. The van der Waals surface area contributed by atoms with Crippen LogP contribution >= 0.6 is 22.6 Å². The quantitative estimate of drug-likeness (QED) is 0.125. The van der Waals surface area contributed by atoms with Crippen molar-refractivity contribution < 1.29 is 14.2 Å². The Morgan fingerprint density at radius 3 is 1.62 bits per heavy atom. The topological polar surface area (TPSA) is 142 Å². The van der Waals surface area contributed by atoms with Crippen LogP contribution in [0.25, 0.3) is 0 Å². The Morgan fingerprint density at radius 2 is 1.24 bits per heavy atom. The number of nitro groups is 2. The van der Waals surface area contributed by atoms with E-state index in [-0.39, 0.29) is 34.8 Å². The van der Waals surface area contributed by atoms with E-state index < -0.39 is 15.7 Å². The van der Waals surface area contributed by atoms with Crippen LogP contribution in [0.4, 0.5) is 32.8 Å². The molecule has 1 heterocycles. The number of nitrogens with zero attached hydrogens (tertiary/aromatic N) is 3. The van der Waals surface area contributed by atoms with Crippen molar-refractivity contribution in [3.8, 4) is 0 Å². The van der Waals surface area contributed by atoms with Crippen LogP contribution in [0.3, 0.4) is 0 Å². The van der Waals surface area contributed by atoms with Crippen molar-refractivity contribution in [1.82, 2.24) is 0 Å². The van der Waals surface area contributed by atoms with Gasteiger partial charge in [-0.25, -0.2) is 4.39 Å². The molecule has 1 saturated heterocycles. The van der Waals surface area contributed by atoms with Gasteiger partial charge in [0, 0.05) is 17.8 Å². The zero-order valence-corrected chi connectivity index (χ0v) is 20.4. The predicted octanol–water partition coefficient (Wildman–Crippen LogP) is 5.94. The average Bonchev–Trinajstić information content (AvgIpc) is 3.26. The van der Waals surface area contributed by atoms with Crippen LogP contribution in [-0.2, 0) is 0 Å². The summed E-state index contributed by atoms with van der Waals surface area (Å²) in [5, 5.41) is 22.8. The van der Waals surface area contributed by atoms with E-state index in [1.165, 1.54) is 36.4 Å². The van der Waals surface area contributed by atoms with E-state index in [2.05, 4.69) is 22.6 Å². The Kier molecular flexibility index (Phi) is 7.87. The third-order valence-corrected chi connectivity index (χ3v) is 5.78. The molecule has 4 rings (SSSR count). The molecule has 3 aromatic rings. The Bertz CT molecular complexity index is 1140. The molecule has 0 radical (unpaired) electrons. The fraction of sp³-hybridized carbons (Fsp3) is 0.217. The summed E-state index contributed by atoms with van der Waals surface area (Å²) in [5.74, 6) is -0.396. The van der Waals surface area contributed by atoms with E-state index in [0.717, 1.165) is 0 Å². The molecule has 2 unspecified atom stereocenters. The normalized spacial score (nSPS) is 17.1. The van der Waals surface area contributed by atoms with E-state index in [0.29, 0.717) is 29.7 Å². The predicted molar refractivity (Wildman–Crippen MR) is 139 cm³/mol. The minimum absolute atomic E-state index is 0.0655. The summed E-state index contributed by atoms with van der Waals surface area (Å²) in [4.78, 5) is 25.7. The van der Waals surface area contributed by atoms with E-state index in [4.69, 9.17) is 11.5 Å². The summed E-state index contributed by atoms with van der Waals surface area (Å²) in [6.07, 6.45) is 1.25. The molecule has 0 bridgehead atoms. The molecule has 0 saturated carbocycles. The number of nitrogen functional groups attached to an aromatic ring is 2. The van der Waals surface area contributed by atoms with Gasteiger partial charge in [-0.1, -0.05) is 34.7 Å². The number of alkyl halides is 1. The smallest absolute Gasteiger partial charge is 0.292 e. The molecule has 0 amide bonds. The highest BCUT2D eigenvalue weighted by atomic mass is 127. The third-order valence-electron chi connectivity index (χ3n) is 5.78. The van der Waals surface area contributed by atoms with Crippen molar-refractivity contribution in [3.63, 3.8) is 0 Å². The zero-order valence-electron chi connectivity index (χ0n) is 18.2. The highest BCUT2D eigenvalue weighted by Crippen LogP contribution is 2.48. The van der Waals surface area contributed by atoms with Gasteiger partial charge < -0.3 is 16.4 Å². The highest BCUT2D eigenvalue weighted by molar-refractivity contribution is 14.1. The van der Waals surface area contributed by atoms with Crippen molar-refractivity contribution >= 4 is 51.0 Å². The second-order valence-electron chi connectivity index (χ2n) is 7.64. The Labute approximate surface area is 209 Å². The fourth-order valence-corrected chi connectivity index (χ4v) is 4.29. The third kappa shape index (κ3) is 5.03. The minimum Gasteiger partial charge on any atom is -0.393 e. The molecule has 0 spiro atoms. The first kappa shape index (κ1) is 25.1. The van der Waals surface area contributed by atoms with Crippen LogP contribution in [0, 0.1) is 26.0 Å². The Balaban J connectivity index is 0.00000158. The van der Waals surface area contributed by atoms with Gasteiger partial charge in [0.25, 0.3) is 11.4 Å². The Hall–Kier alpha value is -3.48. The molecule has 3 aromatic carbocycles. The molecule has 0 aliphatic carbocycles. The van der Waals surface area contributed by atoms with Gasteiger partial charge >= 0.3 is 0 Å². The molecule has 1 aliphatic heterocycles. The largest absolute Gasteiger partial charge is 0.393 e. The molecule has 34 heavy (non-hydrogen) atoms. The molecule has 0 aromatic heterocycles. The lowest BCUT2D eigenvalue weighted by molar-refractivity contribution is -0.384. The summed E-state index contributed by atoms with van der Waals surface area (Å²) in [5.41, 5.74) is 13.3. The van der Waals surface area contributed by atoms with Crippen molar-refractivity contribution in [2.45, 2.75) is 24.9 Å². The minimum atomic E-state index is -0.531. The molecule has 2 atom stereocenters. The molecule has 1 aliphatic rings. The molecule has 1 fully saturated rings. The van der Waals surface area contributed by atoms with Gasteiger partial charge in [0.15, 0.2) is 0 Å². The number of hydrogen-bond donors (Lipinski definition) is 2. The number of hydrogen-bond acceptors (Lipinski definition) is 7. The van der Waals surface area contributed by atoms with Crippen LogP contribution in [0.15, 0.2) is 60.7 Å². The summed E-state index contributed by atoms with van der Waals surface area (Å²) in [7, 11) is 0. The maximum Gasteiger partial charge on any atom is 0.292 e. The van der Waals surface area contributed by atoms with Crippen molar-refractivity contribution in [2.24, 2.45) is 0 Å². The molecule has 9 nitrogen and oxygen atoms in total. The lowest BCUT2D eigenvalue weighted by Crippen LogP contribution is -2.26. The number of benzene rings is 3. The van der Waals surface area contributed by atoms with Crippen LogP contribution in [-0.4, -0.2) is 14.8 Å². The summed E-state index contributed by atoms with van der Waals surface area (Å²) < 4.78 is 13.6. The molecule has 11 heteroatoms. The van der Waals surface area contributed by atoms with Gasteiger partial charge in [-0.3, -0.25) is 20.2 Å². The second-order valence-corrected chi connectivity index (χ2v) is 7.64. The standard InChI is InChI=1S/C22H20FN5O4.CH3I/c23-15-3-5-16(6-4-15)26-19(13-1-7-17(24)21(11-13)27(29)30)9-10-20(26)14-2-8-18(25)22(12-14)28(31)32;1-2/h1-8,11-12,19-20H,9-10,24-25H2;1H3. The highest BCUT2D eigenvalue weighted by Gasteiger charge is 2.37. The van der Waals surface area contributed by atoms with E-state index in [9.17, 15) is 24.6 Å². The zero-order chi connectivity index (χ0) is 25.0. The van der Waals surface area contributed by atoms with Gasteiger partial charge in [-0.2, -0.15) is 0 Å². The first-order chi connectivity index (χ1) is 16.3. The van der Waals surface area contributed by atoms with Crippen molar-refractivity contribution in [1.29, 1.82) is 0 Å². The average molecular weight is 579 g/mol. The Morgan fingerprint density at radius 1 is 0.824 bits per heavy atom. The summed E-state index contributed by atoms with van der Waals surface area (Å²) in [6, 6.07) is 14.7. The van der Waals surface area contributed by atoms with Gasteiger partial charge in [0.2, 0.25) is 0 Å². The second kappa shape index (κ2) is 10.6. The fourth-order valence-electron chi connectivity index (χ4n) is 4.29. The van der Waals surface area contributed by atoms with Crippen molar-refractivity contribution in [2.75, 3.05) is 21.3 Å². The van der Waals surface area contributed by atoms with Crippen LogP contribution in [0.1, 0.15) is 36.1 Å². The van der Waals surface area contributed by atoms with Crippen molar-refractivity contribution in [3.05, 3.63) is 97.8 Å². The summed E-state index contributed by atoms with van der Waals surface area (Å²) >= 11 is 2.15. The monoisotopic (exact) mass is 579 g/mol. The first-order valence-corrected chi connectivity index (χ1v) is 12.4. The van der Waals surface area contributed by atoms with E-state index in [1.807, 2.05) is 9.83 Å². The van der Waals surface area contributed by atoms with Gasteiger partial charge in [0.05, 0.1) is 21.9 Å². The maximum absolute atomic E-state index is 13.6. The van der Waals surface area contributed by atoms with Gasteiger partial charge in [0.1, 0.15) is 17.2 Å². The maximum atomic E-state index is 13.6. The number of nitro benzene ring substituents is 2. The van der Waals surface area contributed by atoms with Gasteiger partial charge in [-0.15, -0.1) is 0 Å². The number of anilines is 3. The lowest BCUT2D eigenvalue weighted by Gasteiger charge is -2.33. The lowest BCUT2D eigenvalue weighted by atomic mass is 10.0. The van der Waals surface area contributed by atoms with E-state index >= 15 is 0 Å². The van der Waals surface area contributed by atoms with Crippen LogP contribution < -0.4 is 16.4 Å². The number of rotatable bonds is 5. The van der Waals surface area contributed by atoms with E-state index in [1.54, 1.807) is 24.3 Å². The van der Waals surface area contributed by atoms with Crippen LogP contribution in [0.5, 0.6) is 0 Å². The molecule has 178 valence electrons. The molecule has 4 N–H and O–H groups in total. The summed E-state index contributed by atoms with van der Waals surface area (Å²) in [6.45, 7) is 0.